The predicted octanol–water partition coefficient (Wildman–Crippen LogP) is 4.33. The minimum atomic E-state index is 0.713. The summed E-state index contributed by atoms with van der Waals surface area (Å²) < 4.78 is 5.06. The molecule has 15 heavy (non-hydrogen) atoms. The molecule has 1 aliphatic rings. The number of unbranched alkanes of at least 4 members (excludes halogenated alkanes) is 2. The van der Waals surface area contributed by atoms with Gasteiger partial charge in [0.2, 0.25) is 0 Å². The van der Waals surface area contributed by atoms with Crippen LogP contribution in [0.4, 0.5) is 0 Å². The molecule has 1 saturated carbocycles. The molecular formula is C14H26O. The smallest absolute Gasteiger partial charge is 0.0462 e. The second-order valence-electron chi connectivity index (χ2n) is 5.29. The van der Waals surface area contributed by atoms with Crippen LogP contribution >= 0.6 is 0 Å². The molecule has 0 aromatic heterocycles. The molecule has 0 aromatic carbocycles. The first-order valence-electron chi connectivity index (χ1n) is 6.31. The number of rotatable bonds is 8. The van der Waals surface area contributed by atoms with Crippen molar-refractivity contribution < 1.29 is 4.74 Å². The van der Waals surface area contributed by atoms with Crippen molar-refractivity contribution in [1.82, 2.24) is 0 Å². The predicted molar refractivity (Wildman–Crippen MR) is 66.1 cm³/mol. The van der Waals surface area contributed by atoms with Crippen LogP contribution in [-0.2, 0) is 4.74 Å². The fourth-order valence-electron chi connectivity index (χ4n) is 2.08. The summed E-state index contributed by atoms with van der Waals surface area (Å²) in [5.41, 5.74) is 2.19. The van der Waals surface area contributed by atoms with Crippen molar-refractivity contribution in [2.45, 2.75) is 58.8 Å². The second kappa shape index (κ2) is 6.32. The molecule has 1 heteroatoms. The molecule has 88 valence electrons. The quantitative estimate of drug-likeness (QED) is 0.428. The Kier molecular flexibility index (Phi) is 5.38. The summed E-state index contributed by atoms with van der Waals surface area (Å²) in [4.78, 5) is 0. The van der Waals surface area contributed by atoms with Crippen molar-refractivity contribution in [2.75, 3.05) is 13.7 Å². The molecular weight excluding hydrogens is 184 g/mol. The van der Waals surface area contributed by atoms with E-state index in [9.17, 15) is 0 Å². The van der Waals surface area contributed by atoms with E-state index in [2.05, 4.69) is 19.9 Å². The number of ether oxygens (including phenoxy) is 1. The number of hydrogen-bond donors (Lipinski definition) is 0. The van der Waals surface area contributed by atoms with Crippen molar-refractivity contribution in [3.05, 3.63) is 11.6 Å². The van der Waals surface area contributed by atoms with E-state index in [4.69, 9.17) is 4.74 Å². The van der Waals surface area contributed by atoms with Gasteiger partial charge in [0.05, 0.1) is 0 Å². The third-order valence-electron chi connectivity index (χ3n) is 3.46. The maximum Gasteiger partial charge on any atom is 0.0462 e. The number of hydrogen-bond acceptors (Lipinski definition) is 1. The first-order valence-corrected chi connectivity index (χ1v) is 6.31. The Morgan fingerprint density at radius 3 is 2.47 bits per heavy atom. The standard InChI is InChI=1S/C14H26O/c1-13(2)7-9-14(10-11-14)8-5-4-6-12-15-3/h7H,4-6,8-12H2,1-3H3. The van der Waals surface area contributed by atoms with Crippen molar-refractivity contribution in [2.24, 2.45) is 5.41 Å². The zero-order valence-corrected chi connectivity index (χ0v) is 10.6. The largest absolute Gasteiger partial charge is 0.385 e. The van der Waals surface area contributed by atoms with Crippen LogP contribution in [0.5, 0.6) is 0 Å². The fourth-order valence-corrected chi connectivity index (χ4v) is 2.08. The highest BCUT2D eigenvalue weighted by Gasteiger charge is 2.40. The first kappa shape index (κ1) is 12.8. The van der Waals surface area contributed by atoms with Gasteiger partial charge in [0.15, 0.2) is 0 Å². The molecule has 1 aliphatic carbocycles. The molecule has 0 unspecified atom stereocenters. The van der Waals surface area contributed by atoms with Gasteiger partial charge in [-0.15, -0.1) is 0 Å². The molecule has 0 bridgehead atoms. The van der Waals surface area contributed by atoms with Crippen LogP contribution in [0.15, 0.2) is 11.6 Å². The number of allylic oxidation sites excluding steroid dienone is 2. The summed E-state index contributed by atoms with van der Waals surface area (Å²) in [5.74, 6) is 0. The van der Waals surface area contributed by atoms with Crippen LogP contribution in [0.1, 0.15) is 58.8 Å². The molecule has 0 atom stereocenters. The Morgan fingerprint density at radius 2 is 1.93 bits per heavy atom. The SMILES string of the molecule is COCCCCCC1(CC=C(C)C)CC1. The van der Waals surface area contributed by atoms with Crippen molar-refractivity contribution in [3.8, 4) is 0 Å². The van der Waals surface area contributed by atoms with Crippen LogP contribution in [0.3, 0.4) is 0 Å². The molecule has 0 spiro atoms. The zero-order chi connectivity index (χ0) is 11.1. The minimum Gasteiger partial charge on any atom is -0.385 e. The van der Waals surface area contributed by atoms with E-state index in [1.165, 1.54) is 50.5 Å². The zero-order valence-electron chi connectivity index (χ0n) is 10.6. The van der Waals surface area contributed by atoms with Crippen molar-refractivity contribution in [3.63, 3.8) is 0 Å². The Morgan fingerprint density at radius 1 is 1.20 bits per heavy atom. The van der Waals surface area contributed by atoms with E-state index >= 15 is 0 Å². The lowest BCUT2D eigenvalue weighted by molar-refractivity contribution is 0.191. The first-order chi connectivity index (χ1) is 7.18. The summed E-state index contributed by atoms with van der Waals surface area (Å²) >= 11 is 0. The Balaban J connectivity index is 2.07. The summed E-state index contributed by atoms with van der Waals surface area (Å²) in [6, 6.07) is 0. The highest BCUT2D eigenvalue weighted by molar-refractivity contribution is 5.03. The van der Waals surface area contributed by atoms with Crippen LogP contribution in [0.2, 0.25) is 0 Å². The summed E-state index contributed by atoms with van der Waals surface area (Å²) in [6.45, 7) is 5.34. The molecule has 0 radical (unpaired) electrons. The van der Waals surface area contributed by atoms with Crippen LogP contribution < -0.4 is 0 Å². The Bertz CT molecular complexity index is 197. The van der Waals surface area contributed by atoms with Gasteiger partial charge in [-0.05, 0) is 51.4 Å². The van der Waals surface area contributed by atoms with E-state index < -0.39 is 0 Å². The minimum absolute atomic E-state index is 0.713. The average molecular weight is 210 g/mol. The molecule has 0 aromatic rings. The summed E-state index contributed by atoms with van der Waals surface area (Å²) in [6.07, 6.45) is 12.0. The molecule has 0 saturated heterocycles. The van der Waals surface area contributed by atoms with Gasteiger partial charge >= 0.3 is 0 Å². The Labute approximate surface area is 94.9 Å². The van der Waals surface area contributed by atoms with Gasteiger partial charge in [-0.1, -0.05) is 24.5 Å². The van der Waals surface area contributed by atoms with E-state index in [-0.39, 0.29) is 0 Å². The number of methoxy groups -OCH3 is 1. The molecule has 1 rings (SSSR count). The molecule has 1 nitrogen and oxygen atoms in total. The van der Waals surface area contributed by atoms with Gasteiger partial charge in [-0.3, -0.25) is 0 Å². The molecule has 0 N–H and O–H groups in total. The second-order valence-corrected chi connectivity index (χ2v) is 5.29. The van der Waals surface area contributed by atoms with Crippen LogP contribution in [-0.4, -0.2) is 13.7 Å². The Hall–Kier alpha value is -0.300. The molecule has 0 aliphatic heterocycles. The van der Waals surface area contributed by atoms with Crippen LogP contribution in [0.25, 0.3) is 0 Å². The third-order valence-corrected chi connectivity index (χ3v) is 3.46. The van der Waals surface area contributed by atoms with Gasteiger partial charge < -0.3 is 4.74 Å². The van der Waals surface area contributed by atoms with Gasteiger partial charge in [0.1, 0.15) is 0 Å². The molecule has 1 fully saturated rings. The van der Waals surface area contributed by atoms with Gasteiger partial charge in [0, 0.05) is 13.7 Å². The van der Waals surface area contributed by atoms with Crippen molar-refractivity contribution >= 4 is 0 Å². The fraction of sp³-hybridized carbons (Fsp3) is 0.857. The molecule has 0 amide bonds. The average Bonchev–Trinajstić information content (AvgIpc) is 2.96. The lowest BCUT2D eigenvalue weighted by Crippen LogP contribution is -1.99. The van der Waals surface area contributed by atoms with Gasteiger partial charge in [-0.25, -0.2) is 0 Å². The normalized spacial score (nSPS) is 17.5. The third kappa shape index (κ3) is 5.36. The maximum atomic E-state index is 5.06. The van der Waals surface area contributed by atoms with E-state index in [1.54, 1.807) is 7.11 Å². The molecule has 0 heterocycles. The lowest BCUT2D eigenvalue weighted by atomic mass is 9.94. The highest BCUT2D eigenvalue weighted by atomic mass is 16.5. The topological polar surface area (TPSA) is 9.23 Å². The van der Waals surface area contributed by atoms with Crippen LogP contribution in [0, 0.1) is 5.41 Å². The van der Waals surface area contributed by atoms with Gasteiger partial charge in [0.25, 0.3) is 0 Å². The summed E-state index contributed by atoms with van der Waals surface area (Å²) in [7, 11) is 1.79. The highest BCUT2D eigenvalue weighted by Crippen LogP contribution is 2.53. The monoisotopic (exact) mass is 210 g/mol. The summed E-state index contributed by atoms with van der Waals surface area (Å²) in [5, 5.41) is 0. The van der Waals surface area contributed by atoms with E-state index in [1.807, 2.05) is 0 Å². The van der Waals surface area contributed by atoms with Gasteiger partial charge in [-0.2, -0.15) is 0 Å². The van der Waals surface area contributed by atoms with E-state index in [0.717, 1.165) is 6.61 Å². The van der Waals surface area contributed by atoms with Crippen molar-refractivity contribution in [1.29, 1.82) is 0 Å². The van der Waals surface area contributed by atoms with E-state index in [0.29, 0.717) is 5.41 Å². The maximum absolute atomic E-state index is 5.06. The lowest BCUT2D eigenvalue weighted by Gasteiger charge is -2.12.